The van der Waals surface area contributed by atoms with E-state index in [0.29, 0.717) is 12.4 Å². The first-order valence-corrected chi connectivity index (χ1v) is 3.92. The summed E-state index contributed by atoms with van der Waals surface area (Å²) >= 11 is 0. The normalized spacial score (nSPS) is 19.0. The average Bonchev–Trinajstić information content (AvgIpc) is 2.17. The zero-order valence-electron chi connectivity index (χ0n) is 7.08. The summed E-state index contributed by atoms with van der Waals surface area (Å²) in [5, 5.41) is 0. The van der Waals surface area contributed by atoms with E-state index in [1.54, 1.807) is 0 Å². The van der Waals surface area contributed by atoms with Crippen molar-refractivity contribution in [2.24, 2.45) is 5.73 Å². The highest BCUT2D eigenvalue weighted by molar-refractivity contribution is 5.78. The van der Waals surface area contributed by atoms with Crippen LogP contribution in [0.5, 0.6) is 0 Å². The van der Waals surface area contributed by atoms with Crippen LogP contribution in [-0.2, 0) is 14.3 Å². The zero-order chi connectivity index (χ0) is 8.97. The Morgan fingerprint density at radius 3 is 3.08 bits per heavy atom. The lowest BCUT2D eigenvalue weighted by molar-refractivity contribution is -0.142. The SMILES string of the molecule is COC(=O)C(N)C1=CCCCO1. The van der Waals surface area contributed by atoms with Crippen LogP contribution in [0.2, 0.25) is 0 Å². The van der Waals surface area contributed by atoms with Gasteiger partial charge in [0.1, 0.15) is 5.76 Å². The molecular weight excluding hydrogens is 158 g/mol. The van der Waals surface area contributed by atoms with Gasteiger partial charge in [0.25, 0.3) is 0 Å². The number of rotatable bonds is 2. The fourth-order valence-corrected chi connectivity index (χ4v) is 1.04. The molecule has 0 saturated heterocycles. The van der Waals surface area contributed by atoms with E-state index in [4.69, 9.17) is 10.5 Å². The predicted octanol–water partition coefficient (Wildman–Crippen LogP) is 0.181. The molecule has 68 valence electrons. The lowest BCUT2D eigenvalue weighted by Crippen LogP contribution is -2.35. The van der Waals surface area contributed by atoms with Crippen LogP contribution < -0.4 is 5.73 Å². The second kappa shape index (κ2) is 4.11. The third-order valence-corrected chi connectivity index (χ3v) is 1.72. The van der Waals surface area contributed by atoms with Crippen molar-refractivity contribution in [3.63, 3.8) is 0 Å². The maximum Gasteiger partial charge on any atom is 0.330 e. The first-order valence-electron chi connectivity index (χ1n) is 3.92. The summed E-state index contributed by atoms with van der Waals surface area (Å²) in [6.45, 7) is 0.635. The fraction of sp³-hybridized carbons (Fsp3) is 0.625. The summed E-state index contributed by atoms with van der Waals surface area (Å²) < 4.78 is 9.68. The molecule has 1 unspecified atom stereocenters. The maximum absolute atomic E-state index is 10.9. The molecule has 0 saturated carbocycles. The first-order chi connectivity index (χ1) is 5.75. The third kappa shape index (κ3) is 1.98. The van der Waals surface area contributed by atoms with Crippen LogP contribution in [0.1, 0.15) is 12.8 Å². The van der Waals surface area contributed by atoms with Crippen molar-refractivity contribution in [1.82, 2.24) is 0 Å². The van der Waals surface area contributed by atoms with Crippen molar-refractivity contribution >= 4 is 5.97 Å². The highest BCUT2D eigenvalue weighted by Gasteiger charge is 2.21. The number of hydrogen-bond acceptors (Lipinski definition) is 4. The van der Waals surface area contributed by atoms with Crippen LogP contribution >= 0.6 is 0 Å². The minimum atomic E-state index is -0.754. The van der Waals surface area contributed by atoms with E-state index in [-0.39, 0.29) is 0 Å². The standard InChI is InChI=1S/C8H13NO3/c1-11-8(10)7(9)6-4-2-3-5-12-6/h4,7H,2-3,5,9H2,1H3. The number of esters is 1. The Kier molecular flexibility index (Phi) is 3.10. The Morgan fingerprint density at radius 2 is 2.58 bits per heavy atom. The average molecular weight is 171 g/mol. The highest BCUT2D eigenvalue weighted by atomic mass is 16.5. The molecule has 0 aromatic heterocycles. The topological polar surface area (TPSA) is 61.5 Å². The molecule has 0 fully saturated rings. The minimum absolute atomic E-state index is 0.455. The van der Waals surface area contributed by atoms with Crippen LogP contribution in [0.15, 0.2) is 11.8 Å². The van der Waals surface area contributed by atoms with Crippen LogP contribution in [0.4, 0.5) is 0 Å². The number of hydrogen-bond donors (Lipinski definition) is 1. The molecule has 1 rings (SSSR count). The summed E-state index contributed by atoms with van der Waals surface area (Å²) in [5.41, 5.74) is 5.53. The van der Waals surface area contributed by atoms with Gasteiger partial charge >= 0.3 is 5.97 Å². The summed E-state index contributed by atoms with van der Waals surface area (Å²) in [5.74, 6) is 0.0799. The van der Waals surface area contributed by atoms with Gasteiger partial charge < -0.3 is 15.2 Å². The van der Waals surface area contributed by atoms with Crippen molar-refractivity contribution in [2.45, 2.75) is 18.9 Å². The molecule has 4 heteroatoms. The van der Waals surface area contributed by atoms with Crippen molar-refractivity contribution in [1.29, 1.82) is 0 Å². The number of allylic oxidation sites excluding steroid dienone is 1. The van der Waals surface area contributed by atoms with E-state index in [1.165, 1.54) is 7.11 Å². The van der Waals surface area contributed by atoms with Crippen LogP contribution in [0.25, 0.3) is 0 Å². The van der Waals surface area contributed by atoms with Gasteiger partial charge in [-0.2, -0.15) is 0 Å². The summed E-state index contributed by atoms with van der Waals surface area (Å²) in [6.07, 6.45) is 3.74. The van der Waals surface area contributed by atoms with Crippen LogP contribution in [0, 0.1) is 0 Å². The molecule has 12 heavy (non-hydrogen) atoms. The van der Waals surface area contributed by atoms with Crippen molar-refractivity contribution in [2.75, 3.05) is 13.7 Å². The Hall–Kier alpha value is -1.03. The Labute approximate surface area is 71.3 Å². The Morgan fingerprint density at radius 1 is 1.83 bits per heavy atom. The van der Waals surface area contributed by atoms with E-state index < -0.39 is 12.0 Å². The largest absolute Gasteiger partial charge is 0.496 e. The minimum Gasteiger partial charge on any atom is -0.496 e. The number of methoxy groups -OCH3 is 1. The van der Waals surface area contributed by atoms with Gasteiger partial charge in [0, 0.05) is 0 Å². The van der Waals surface area contributed by atoms with Crippen molar-refractivity contribution in [3.05, 3.63) is 11.8 Å². The zero-order valence-corrected chi connectivity index (χ0v) is 7.08. The summed E-state index contributed by atoms with van der Waals surface area (Å²) in [7, 11) is 1.31. The van der Waals surface area contributed by atoms with Crippen LogP contribution in [-0.4, -0.2) is 25.7 Å². The van der Waals surface area contributed by atoms with Gasteiger partial charge in [0.15, 0.2) is 6.04 Å². The van der Waals surface area contributed by atoms with Crippen molar-refractivity contribution in [3.8, 4) is 0 Å². The summed E-state index contributed by atoms with van der Waals surface area (Å²) in [4.78, 5) is 10.9. The molecule has 1 atom stereocenters. The van der Waals surface area contributed by atoms with Gasteiger partial charge in [-0.25, -0.2) is 4.79 Å². The smallest absolute Gasteiger partial charge is 0.330 e. The second-order valence-electron chi connectivity index (χ2n) is 2.60. The van der Waals surface area contributed by atoms with Gasteiger partial charge in [0.05, 0.1) is 13.7 Å². The Balaban J connectivity index is 2.56. The van der Waals surface area contributed by atoms with Crippen LogP contribution in [0.3, 0.4) is 0 Å². The predicted molar refractivity (Wildman–Crippen MR) is 43.3 cm³/mol. The number of nitrogens with two attached hydrogens (primary N) is 1. The quantitative estimate of drug-likeness (QED) is 0.602. The van der Waals surface area contributed by atoms with Crippen molar-refractivity contribution < 1.29 is 14.3 Å². The summed E-state index contributed by atoms with van der Waals surface area (Å²) in [6, 6.07) is -0.754. The molecule has 1 aliphatic heterocycles. The lowest BCUT2D eigenvalue weighted by atomic mass is 10.1. The molecule has 0 amide bonds. The molecule has 2 N–H and O–H groups in total. The molecule has 1 aliphatic rings. The van der Waals surface area contributed by atoms with E-state index in [1.807, 2.05) is 6.08 Å². The van der Waals surface area contributed by atoms with Gasteiger partial charge in [-0.1, -0.05) is 0 Å². The molecule has 0 aromatic carbocycles. The van der Waals surface area contributed by atoms with Gasteiger partial charge in [-0.15, -0.1) is 0 Å². The fourth-order valence-electron chi connectivity index (χ4n) is 1.04. The van der Waals surface area contributed by atoms with E-state index in [9.17, 15) is 4.79 Å². The van der Waals surface area contributed by atoms with E-state index in [2.05, 4.69) is 4.74 Å². The number of carbonyl (C=O) groups excluding carboxylic acids is 1. The number of carbonyl (C=O) groups is 1. The third-order valence-electron chi connectivity index (χ3n) is 1.72. The molecule has 0 aromatic rings. The first kappa shape index (κ1) is 9.06. The molecule has 0 aliphatic carbocycles. The lowest BCUT2D eigenvalue weighted by Gasteiger charge is -2.18. The number of ether oxygens (including phenoxy) is 2. The maximum atomic E-state index is 10.9. The monoisotopic (exact) mass is 171 g/mol. The molecule has 4 nitrogen and oxygen atoms in total. The Bertz CT molecular complexity index is 200. The van der Waals surface area contributed by atoms with Gasteiger partial charge in [0.2, 0.25) is 0 Å². The molecule has 1 heterocycles. The van der Waals surface area contributed by atoms with E-state index in [0.717, 1.165) is 12.8 Å². The van der Waals surface area contributed by atoms with E-state index >= 15 is 0 Å². The molecule has 0 spiro atoms. The second-order valence-corrected chi connectivity index (χ2v) is 2.60. The highest BCUT2D eigenvalue weighted by Crippen LogP contribution is 2.12. The van der Waals surface area contributed by atoms with Gasteiger partial charge in [-0.3, -0.25) is 0 Å². The molecule has 0 radical (unpaired) electrons. The molecular formula is C8H13NO3. The van der Waals surface area contributed by atoms with Gasteiger partial charge in [-0.05, 0) is 18.9 Å². The molecule has 0 bridgehead atoms.